The summed E-state index contributed by atoms with van der Waals surface area (Å²) in [5.74, 6) is 1.58. The number of anilines is 1. The van der Waals surface area contributed by atoms with Gasteiger partial charge in [-0.25, -0.2) is 5.43 Å². The number of hydrogen-bond donors (Lipinski definition) is 2. The zero-order chi connectivity index (χ0) is 22.7. The van der Waals surface area contributed by atoms with E-state index in [4.69, 9.17) is 14.2 Å². The van der Waals surface area contributed by atoms with Crippen LogP contribution in [0.1, 0.15) is 18.0 Å². The van der Waals surface area contributed by atoms with Crippen LogP contribution >= 0.6 is 0 Å². The van der Waals surface area contributed by atoms with Gasteiger partial charge in [0.1, 0.15) is 18.3 Å². The summed E-state index contributed by atoms with van der Waals surface area (Å²) in [6.45, 7) is -0.0628. The molecule has 9 nitrogen and oxygen atoms in total. The Bertz CT molecular complexity index is 1020. The Labute approximate surface area is 186 Å². The molecule has 1 fully saturated rings. The van der Waals surface area contributed by atoms with Crippen LogP contribution < -0.4 is 25.0 Å². The Balaban J connectivity index is 1.39. The van der Waals surface area contributed by atoms with E-state index in [0.717, 1.165) is 5.56 Å². The first-order valence-electron chi connectivity index (χ1n) is 10.2. The molecule has 0 bridgehead atoms. The number of ether oxygens (including phenoxy) is 3. The van der Waals surface area contributed by atoms with Crippen molar-refractivity contribution >= 4 is 17.5 Å². The van der Waals surface area contributed by atoms with E-state index in [-0.39, 0.29) is 24.4 Å². The fourth-order valence-electron chi connectivity index (χ4n) is 3.88. The van der Waals surface area contributed by atoms with Crippen molar-refractivity contribution in [3.8, 4) is 17.2 Å². The number of hydrazine groups is 1. The summed E-state index contributed by atoms with van der Waals surface area (Å²) < 4.78 is 15.8. The fraction of sp³-hybridized carbons (Fsp3) is 0.304. The molecule has 2 aliphatic heterocycles. The zero-order valence-electron chi connectivity index (χ0n) is 18.2. The third-order valence-electron chi connectivity index (χ3n) is 5.57. The highest BCUT2D eigenvalue weighted by Gasteiger charge is 2.40. The normalized spacial score (nSPS) is 19.5. The molecule has 2 N–H and O–H groups in total. The topological polar surface area (TPSA) is 92.4 Å². The standard InChI is InChI=1S/C23H26N4O5/c1-30-17-7-5-16(6-8-17)24-22(28)14-26-10-11-27-19(23(26)29)13-18(25-27)15-4-9-20(31-2)21(12-15)32-3/h4-12,18-19,25H,13-14H2,1-3H3,(H,24,28). The van der Waals surface area contributed by atoms with Gasteiger partial charge in [0, 0.05) is 18.1 Å². The number of hydrogen-bond acceptors (Lipinski definition) is 7. The smallest absolute Gasteiger partial charge is 0.251 e. The van der Waals surface area contributed by atoms with Gasteiger partial charge in [0.25, 0.3) is 5.91 Å². The number of nitrogens with one attached hydrogen (secondary N) is 2. The Morgan fingerprint density at radius 1 is 1.03 bits per heavy atom. The van der Waals surface area contributed by atoms with Crippen molar-refractivity contribution in [2.75, 3.05) is 33.2 Å². The second-order valence-electron chi connectivity index (χ2n) is 7.50. The largest absolute Gasteiger partial charge is 0.497 e. The highest BCUT2D eigenvalue weighted by Crippen LogP contribution is 2.35. The predicted octanol–water partition coefficient (Wildman–Crippen LogP) is 2.28. The molecule has 32 heavy (non-hydrogen) atoms. The van der Waals surface area contributed by atoms with Gasteiger partial charge >= 0.3 is 0 Å². The Hall–Kier alpha value is -3.72. The average Bonchev–Trinajstić information content (AvgIpc) is 3.26. The Kier molecular flexibility index (Phi) is 6.18. The third-order valence-corrected chi connectivity index (χ3v) is 5.57. The van der Waals surface area contributed by atoms with Crippen molar-refractivity contribution in [3.05, 3.63) is 60.4 Å². The van der Waals surface area contributed by atoms with Crippen LogP contribution in [0.15, 0.2) is 54.9 Å². The lowest BCUT2D eigenvalue weighted by molar-refractivity contribution is -0.137. The first-order chi connectivity index (χ1) is 15.5. The zero-order valence-corrected chi connectivity index (χ0v) is 18.2. The van der Waals surface area contributed by atoms with Gasteiger partial charge < -0.3 is 29.4 Å². The van der Waals surface area contributed by atoms with Crippen LogP contribution in [0.3, 0.4) is 0 Å². The number of carbonyl (C=O) groups excluding carboxylic acids is 2. The molecular weight excluding hydrogens is 412 g/mol. The lowest BCUT2D eigenvalue weighted by atomic mass is 10.0. The Morgan fingerprint density at radius 3 is 2.47 bits per heavy atom. The summed E-state index contributed by atoms with van der Waals surface area (Å²) in [5, 5.41) is 4.59. The molecule has 1 saturated heterocycles. The van der Waals surface area contributed by atoms with Gasteiger partial charge in [-0.05, 0) is 48.4 Å². The number of methoxy groups -OCH3 is 3. The number of fused-ring (bicyclic) bond motifs is 1. The lowest BCUT2D eigenvalue weighted by Crippen LogP contribution is -2.49. The van der Waals surface area contributed by atoms with Crippen LogP contribution in [-0.4, -0.2) is 55.6 Å². The molecule has 168 valence electrons. The summed E-state index contributed by atoms with van der Waals surface area (Å²) in [5.41, 5.74) is 4.97. The van der Waals surface area contributed by atoms with Gasteiger partial charge in [0.05, 0.1) is 27.4 Å². The number of rotatable bonds is 7. The van der Waals surface area contributed by atoms with Crippen molar-refractivity contribution in [2.45, 2.75) is 18.5 Å². The molecule has 0 spiro atoms. The van der Waals surface area contributed by atoms with E-state index >= 15 is 0 Å². The van der Waals surface area contributed by atoms with Crippen molar-refractivity contribution in [1.82, 2.24) is 15.3 Å². The van der Waals surface area contributed by atoms with Crippen LogP contribution in [0, 0.1) is 0 Å². The average molecular weight is 438 g/mol. The second kappa shape index (κ2) is 9.19. The van der Waals surface area contributed by atoms with Crippen LogP contribution in [0.25, 0.3) is 0 Å². The maximum absolute atomic E-state index is 13.0. The predicted molar refractivity (Wildman–Crippen MR) is 118 cm³/mol. The molecule has 2 atom stereocenters. The molecule has 0 saturated carbocycles. The molecule has 2 amide bonds. The van der Waals surface area contributed by atoms with Crippen LogP contribution in [0.5, 0.6) is 17.2 Å². The number of carbonyl (C=O) groups is 2. The second-order valence-corrected chi connectivity index (χ2v) is 7.50. The van der Waals surface area contributed by atoms with E-state index in [2.05, 4.69) is 10.7 Å². The van der Waals surface area contributed by atoms with Gasteiger partial charge in [-0.2, -0.15) is 0 Å². The third kappa shape index (κ3) is 4.33. The van der Waals surface area contributed by atoms with Crippen LogP contribution in [0.2, 0.25) is 0 Å². The molecule has 0 radical (unpaired) electrons. The van der Waals surface area contributed by atoms with E-state index in [9.17, 15) is 9.59 Å². The van der Waals surface area contributed by atoms with Crippen molar-refractivity contribution < 1.29 is 23.8 Å². The minimum Gasteiger partial charge on any atom is -0.497 e. The molecule has 9 heteroatoms. The summed E-state index contributed by atoms with van der Waals surface area (Å²) in [4.78, 5) is 26.9. The van der Waals surface area contributed by atoms with Crippen molar-refractivity contribution in [3.63, 3.8) is 0 Å². The van der Waals surface area contributed by atoms with Gasteiger partial charge in [-0.15, -0.1) is 0 Å². The number of benzene rings is 2. The molecule has 2 heterocycles. The summed E-state index contributed by atoms with van der Waals surface area (Å²) in [7, 11) is 4.77. The molecule has 0 aliphatic carbocycles. The number of amides is 2. The maximum Gasteiger partial charge on any atom is 0.251 e. The molecule has 2 aliphatic rings. The Morgan fingerprint density at radius 2 is 1.78 bits per heavy atom. The quantitative estimate of drug-likeness (QED) is 0.685. The highest BCUT2D eigenvalue weighted by atomic mass is 16.5. The molecule has 4 rings (SSSR count). The minimum atomic E-state index is -0.396. The molecule has 2 aromatic carbocycles. The molecule has 2 unspecified atom stereocenters. The van der Waals surface area contributed by atoms with E-state index in [0.29, 0.717) is 29.4 Å². The molecular formula is C23H26N4O5. The monoisotopic (exact) mass is 438 g/mol. The van der Waals surface area contributed by atoms with Crippen molar-refractivity contribution in [2.24, 2.45) is 0 Å². The summed E-state index contributed by atoms with van der Waals surface area (Å²) in [6.07, 6.45) is 3.97. The van der Waals surface area contributed by atoms with Gasteiger partial charge in [0.15, 0.2) is 11.5 Å². The van der Waals surface area contributed by atoms with Gasteiger partial charge in [-0.3, -0.25) is 9.59 Å². The van der Waals surface area contributed by atoms with Gasteiger partial charge in [0.2, 0.25) is 5.91 Å². The summed E-state index contributed by atoms with van der Waals surface area (Å²) in [6, 6.07) is 12.3. The minimum absolute atomic E-state index is 0.0628. The van der Waals surface area contributed by atoms with Crippen LogP contribution in [-0.2, 0) is 9.59 Å². The highest BCUT2D eigenvalue weighted by molar-refractivity contribution is 5.96. The summed E-state index contributed by atoms with van der Waals surface area (Å²) >= 11 is 0. The van der Waals surface area contributed by atoms with E-state index in [1.807, 2.05) is 18.2 Å². The maximum atomic E-state index is 13.0. The fourth-order valence-corrected chi connectivity index (χ4v) is 3.88. The van der Waals surface area contributed by atoms with E-state index in [1.54, 1.807) is 63.0 Å². The molecule has 2 aromatic rings. The molecule has 0 aromatic heterocycles. The lowest BCUT2D eigenvalue weighted by Gasteiger charge is -2.31. The number of nitrogens with zero attached hydrogens (tertiary/aromatic N) is 2. The van der Waals surface area contributed by atoms with Crippen LogP contribution in [0.4, 0.5) is 5.69 Å². The van der Waals surface area contributed by atoms with Gasteiger partial charge in [-0.1, -0.05) is 6.07 Å². The van der Waals surface area contributed by atoms with E-state index in [1.165, 1.54) is 4.90 Å². The first kappa shape index (κ1) is 21.5. The van der Waals surface area contributed by atoms with Crippen molar-refractivity contribution in [1.29, 1.82) is 0 Å². The first-order valence-corrected chi connectivity index (χ1v) is 10.2. The van der Waals surface area contributed by atoms with E-state index < -0.39 is 6.04 Å². The SMILES string of the molecule is COc1ccc(NC(=O)CN2C=CN3NC(c4ccc(OC)c(OC)c4)CC3C2=O)cc1.